The van der Waals surface area contributed by atoms with Gasteiger partial charge in [0, 0.05) is 19.7 Å². The Kier molecular flexibility index (Phi) is 10.9. The summed E-state index contributed by atoms with van der Waals surface area (Å²) in [5.74, 6) is -0.00667. The van der Waals surface area contributed by atoms with Crippen molar-refractivity contribution in [2.24, 2.45) is 0 Å². The molecule has 0 aliphatic carbocycles. The Morgan fingerprint density at radius 3 is 2.06 bits per heavy atom. The number of amides is 1. The molecule has 0 aliphatic rings. The van der Waals surface area contributed by atoms with E-state index in [1.807, 2.05) is 32.9 Å². The molecule has 16 heavy (non-hydrogen) atoms. The lowest BCUT2D eigenvalue weighted by molar-refractivity contribution is -0.124. The lowest BCUT2D eigenvalue weighted by Crippen LogP contribution is -2.22. The molecule has 2 heteroatoms. The van der Waals surface area contributed by atoms with Gasteiger partial charge in [-0.25, -0.2) is 0 Å². The van der Waals surface area contributed by atoms with Gasteiger partial charge in [-0.2, -0.15) is 0 Å². The molecule has 0 aromatic carbocycles. The fourth-order valence-corrected chi connectivity index (χ4v) is 1.06. The maximum absolute atomic E-state index is 11.6. The van der Waals surface area contributed by atoms with Crippen LogP contribution in [-0.2, 0) is 4.79 Å². The highest BCUT2D eigenvalue weighted by Gasteiger charge is 2.07. The summed E-state index contributed by atoms with van der Waals surface area (Å²) < 4.78 is 0. The highest BCUT2D eigenvalue weighted by Crippen LogP contribution is 2.09. The van der Waals surface area contributed by atoms with Crippen molar-refractivity contribution in [2.45, 2.75) is 34.1 Å². The summed E-state index contributed by atoms with van der Waals surface area (Å²) in [7, 11) is 3.47. The van der Waals surface area contributed by atoms with Crippen molar-refractivity contribution in [1.82, 2.24) is 4.90 Å². The van der Waals surface area contributed by atoms with Gasteiger partial charge in [-0.3, -0.25) is 4.79 Å². The maximum Gasteiger partial charge on any atom is 0.253 e. The first-order valence-corrected chi connectivity index (χ1v) is 5.77. The largest absolute Gasteiger partial charge is 0.345 e. The topological polar surface area (TPSA) is 20.3 Å². The summed E-state index contributed by atoms with van der Waals surface area (Å²) in [4.78, 5) is 13.2. The average molecular weight is 223 g/mol. The van der Waals surface area contributed by atoms with E-state index >= 15 is 0 Å². The Morgan fingerprint density at radius 1 is 1.31 bits per heavy atom. The molecule has 0 heterocycles. The Morgan fingerprint density at radius 2 is 1.81 bits per heavy atom. The Labute approximate surface area is 100 Å². The molecule has 0 unspecified atom stereocenters. The second-order valence-electron chi connectivity index (χ2n) is 3.22. The zero-order chi connectivity index (χ0) is 13.1. The summed E-state index contributed by atoms with van der Waals surface area (Å²) in [6.07, 6.45) is 6.41. The van der Waals surface area contributed by atoms with Gasteiger partial charge in [0.15, 0.2) is 0 Å². The average Bonchev–Trinajstić information content (AvgIpc) is 2.32. The number of likely N-dealkylation sites (N-methyl/N-ethyl adjacent to an activating group) is 1. The molecule has 0 aliphatic heterocycles. The standard InChI is InChI=1S/C12H19NO.C2H6/c1-6-10(7-2)9-11(8-3)12(14)13(4)5;1-2/h6,8-9H,3,7H2,1-2,4-5H3;1-2H3/b10-6-,11-9+;. The Balaban J connectivity index is 0. The lowest BCUT2D eigenvalue weighted by Gasteiger charge is -2.11. The fourth-order valence-electron chi connectivity index (χ4n) is 1.06. The molecule has 92 valence electrons. The number of carbonyl (C=O) groups is 1. The van der Waals surface area contributed by atoms with Crippen molar-refractivity contribution in [3.63, 3.8) is 0 Å². The fraction of sp³-hybridized carbons (Fsp3) is 0.500. The normalized spacial score (nSPS) is 11.4. The SMILES string of the molecule is C=C/C(=C\C(=C/C)CC)C(=O)N(C)C.CC. The lowest BCUT2D eigenvalue weighted by atomic mass is 10.1. The summed E-state index contributed by atoms with van der Waals surface area (Å²) in [5.41, 5.74) is 1.79. The van der Waals surface area contributed by atoms with Crippen LogP contribution in [0.15, 0.2) is 36.0 Å². The number of allylic oxidation sites excluding steroid dienone is 3. The summed E-state index contributed by atoms with van der Waals surface area (Å²) in [6.45, 7) is 11.7. The van der Waals surface area contributed by atoms with E-state index in [4.69, 9.17) is 0 Å². The van der Waals surface area contributed by atoms with Crippen LogP contribution >= 0.6 is 0 Å². The molecule has 0 aromatic rings. The van der Waals surface area contributed by atoms with Crippen molar-refractivity contribution >= 4 is 5.91 Å². The van der Waals surface area contributed by atoms with Crippen LogP contribution in [0, 0.1) is 0 Å². The predicted molar refractivity (Wildman–Crippen MR) is 72.4 cm³/mol. The highest BCUT2D eigenvalue weighted by atomic mass is 16.2. The van der Waals surface area contributed by atoms with Gasteiger partial charge in [-0.05, 0) is 19.4 Å². The van der Waals surface area contributed by atoms with Crippen LogP contribution in [0.3, 0.4) is 0 Å². The first kappa shape index (κ1) is 17.1. The number of rotatable bonds is 4. The second kappa shape index (κ2) is 10.2. The van der Waals surface area contributed by atoms with Crippen LogP contribution < -0.4 is 0 Å². The van der Waals surface area contributed by atoms with Gasteiger partial charge in [-0.1, -0.05) is 45.1 Å². The molecule has 1 amide bonds. The minimum atomic E-state index is -0.00667. The van der Waals surface area contributed by atoms with E-state index in [1.165, 1.54) is 0 Å². The molecule has 2 nitrogen and oxygen atoms in total. The molecule has 0 saturated heterocycles. The zero-order valence-electron chi connectivity index (χ0n) is 11.5. The number of nitrogens with zero attached hydrogens (tertiary/aromatic N) is 1. The third-order valence-electron chi connectivity index (χ3n) is 1.99. The highest BCUT2D eigenvalue weighted by molar-refractivity contribution is 5.96. The van der Waals surface area contributed by atoms with Crippen molar-refractivity contribution < 1.29 is 4.79 Å². The third kappa shape index (κ3) is 6.23. The molecule has 0 fully saturated rings. The second-order valence-corrected chi connectivity index (χ2v) is 3.22. The minimum absolute atomic E-state index is 0.00667. The van der Waals surface area contributed by atoms with Gasteiger partial charge in [0.25, 0.3) is 5.91 Å². The quantitative estimate of drug-likeness (QED) is 0.527. The minimum Gasteiger partial charge on any atom is -0.345 e. The summed E-state index contributed by atoms with van der Waals surface area (Å²) >= 11 is 0. The Bertz CT molecular complexity index is 272. The van der Waals surface area contributed by atoms with E-state index in [0.717, 1.165) is 12.0 Å². The first-order valence-electron chi connectivity index (χ1n) is 5.77. The molecule has 0 saturated carbocycles. The molecule has 0 aromatic heterocycles. The van der Waals surface area contributed by atoms with Gasteiger partial charge in [0.1, 0.15) is 0 Å². The van der Waals surface area contributed by atoms with Crippen LogP contribution in [0.5, 0.6) is 0 Å². The first-order chi connectivity index (χ1) is 7.56. The van der Waals surface area contributed by atoms with Crippen LogP contribution in [0.4, 0.5) is 0 Å². The summed E-state index contributed by atoms with van der Waals surface area (Å²) in [5, 5.41) is 0. The van der Waals surface area contributed by atoms with Gasteiger partial charge in [0.05, 0.1) is 0 Å². The van der Waals surface area contributed by atoms with Crippen molar-refractivity contribution in [3.05, 3.63) is 36.0 Å². The molecular weight excluding hydrogens is 198 g/mol. The zero-order valence-corrected chi connectivity index (χ0v) is 11.5. The Hall–Kier alpha value is -1.31. The molecular formula is C14H25NO. The molecule has 0 atom stereocenters. The van der Waals surface area contributed by atoms with E-state index in [1.54, 1.807) is 25.1 Å². The van der Waals surface area contributed by atoms with Crippen LogP contribution in [0.25, 0.3) is 0 Å². The van der Waals surface area contributed by atoms with E-state index in [0.29, 0.717) is 5.57 Å². The van der Waals surface area contributed by atoms with E-state index in [2.05, 4.69) is 13.5 Å². The smallest absolute Gasteiger partial charge is 0.253 e. The van der Waals surface area contributed by atoms with Crippen molar-refractivity contribution in [1.29, 1.82) is 0 Å². The van der Waals surface area contributed by atoms with Gasteiger partial charge in [-0.15, -0.1) is 0 Å². The molecule has 0 rings (SSSR count). The molecule has 0 spiro atoms. The van der Waals surface area contributed by atoms with Crippen LogP contribution in [0.2, 0.25) is 0 Å². The number of carbonyl (C=O) groups excluding carboxylic acids is 1. The monoisotopic (exact) mass is 223 g/mol. The van der Waals surface area contributed by atoms with Gasteiger partial charge < -0.3 is 4.90 Å². The van der Waals surface area contributed by atoms with E-state index < -0.39 is 0 Å². The predicted octanol–water partition coefficient (Wildman–Crippen LogP) is 3.57. The third-order valence-corrected chi connectivity index (χ3v) is 1.99. The van der Waals surface area contributed by atoms with E-state index in [9.17, 15) is 4.79 Å². The maximum atomic E-state index is 11.6. The van der Waals surface area contributed by atoms with Gasteiger partial charge in [0.2, 0.25) is 0 Å². The molecule has 0 N–H and O–H groups in total. The summed E-state index contributed by atoms with van der Waals surface area (Å²) in [6, 6.07) is 0. The van der Waals surface area contributed by atoms with Crippen molar-refractivity contribution in [2.75, 3.05) is 14.1 Å². The number of hydrogen-bond donors (Lipinski definition) is 0. The molecule has 0 radical (unpaired) electrons. The van der Waals surface area contributed by atoms with Crippen molar-refractivity contribution in [3.8, 4) is 0 Å². The van der Waals surface area contributed by atoms with E-state index in [-0.39, 0.29) is 5.91 Å². The van der Waals surface area contributed by atoms with Crippen LogP contribution in [0.1, 0.15) is 34.1 Å². The van der Waals surface area contributed by atoms with Gasteiger partial charge >= 0.3 is 0 Å². The van der Waals surface area contributed by atoms with Crippen LogP contribution in [-0.4, -0.2) is 24.9 Å². The number of hydrogen-bond acceptors (Lipinski definition) is 1. The molecule has 0 bridgehead atoms.